The van der Waals surface area contributed by atoms with Gasteiger partial charge in [0.15, 0.2) is 5.78 Å². The molecule has 2 aliphatic rings. The number of nitrogens with one attached hydrogen (secondary N) is 2. The van der Waals surface area contributed by atoms with E-state index in [1.165, 1.54) is 11.1 Å². The largest absolute Gasteiger partial charge is 0.372 e. The SMILES string of the molecule is Cc1cc2c(cc1C)NC(c1ccc(Br)cc1)C1=C(CC(C)(C)CC1=O)N2. The number of Topliss-reactive ketones (excluding diaryl/α,β-unsaturated/α-hetero) is 1. The number of carbonyl (C=O) groups is 1. The number of rotatable bonds is 1. The molecule has 27 heavy (non-hydrogen) atoms. The number of hydrogen-bond acceptors (Lipinski definition) is 3. The first-order chi connectivity index (χ1) is 12.7. The predicted octanol–water partition coefficient (Wildman–Crippen LogP) is 6.29. The highest BCUT2D eigenvalue weighted by Crippen LogP contribution is 2.45. The second-order valence-corrected chi connectivity index (χ2v) is 9.48. The van der Waals surface area contributed by atoms with Crippen LogP contribution in [0, 0.1) is 19.3 Å². The van der Waals surface area contributed by atoms with Crippen molar-refractivity contribution in [2.45, 2.75) is 46.6 Å². The van der Waals surface area contributed by atoms with Crippen LogP contribution in [0.25, 0.3) is 0 Å². The fourth-order valence-electron chi connectivity index (χ4n) is 4.12. The number of carbonyl (C=O) groups excluding carboxylic acids is 1. The summed E-state index contributed by atoms with van der Waals surface area (Å²) in [5, 5.41) is 7.28. The van der Waals surface area contributed by atoms with Gasteiger partial charge in [0.05, 0.1) is 17.4 Å². The number of allylic oxidation sites excluding steroid dienone is 1. The molecule has 4 heteroatoms. The van der Waals surface area contributed by atoms with E-state index in [9.17, 15) is 4.79 Å². The van der Waals surface area contributed by atoms with Gasteiger partial charge in [0.1, 0.15) is 0 Å². The summed E-state index contributed by atoms with van der Waals surface area (Å²) in [7, 11) is 0. The number of anilines is 2. The van der Waals surface area contributed by atoms with Gasteiger partial charge in [0.2, 0.25) is 0 Å². The summed E-state index contributed by atoms with van der Waals surface area (Å²) < 4.78 is 1.04. The molecule has 0 amide bonds. The summed E-state index contributed by atoms with van der Waals surface area (Å²) in [4.78, 5) is 13.2. The third-order valence-corrected chi connectivity index (χ3v) is 6.16. The second-order valence-electron chi connectivity index (χ2n) is 8.57. The van der Waals surface area contributed by atoms with Crippen LogP contribution in [-0.2, 0) is 4.79 Å². The molecule has 0 fully saturated rings. The zero-order valence-corrected chi connectivity index (χ0v) is 17.8. The Hall–Kier alpha value is -2.07. The van der Waals surface area contributed by atoms with E-state index in [1.54, 1.807) is 0 Å². The maximum atomic E-state index is 13.2. The standard InChI is InChI=1S/C23H25BrN2O/c1-13-9-17-18(10-14(13)2)26-22(15-5-7-16(24)8-6-15)21-19(25-17)11-23(3,4)12-20(21)27/h5-10,22,25-26H,11-12H2,1-4H3. The van der Waals surface area contributed by atoms with Crippen LogP contribution in [0.1, 0.15) is 49.4 Å². The molecule has 3 nitrogen and oxygen atoms in total. The molecule has 1 aliphatic heterocycles. The first kappa shape index (κ1) is 18.3. The lowest BCUT2D eigenvalue weighted by Gasteiger charge is -2.34. The van der Waals surface area contributed by atoms with Crippen LogP contribution in [-0.4, -0.2) is 5.78 Å². The lowest BCUT2D eigenvalue weighted by atomic mass is 9.73. The molecule has 1 aliphatic carbocycles. The van der Waals surface area contributed by atoms with Crippen LogP contribution in [0.2, 0.25) is 0 Å². The smallest absolute Gasteiger partial charge is 0.163 e. The van der Waals surface area contributed by atoms with E-state index in [-0.39, 0.29) is 17.2 Å². The molecule has 2 aromatic carbocycles. The Morgan fingerprint density at radius 2 is 1.63 bits per heavy atom. The normalized spacial score (nSPS) is 20.9. The number of hydrogen-bond donors (Lipinski definition) is 2. The topological polar surface area (TPSA) is 41.1 Å². The van der Waals surface area contributed by atoms with Crippen molar-refractivity contribution in [3.8, 4) is 0 Å². The van der Waals surface area contributed by atoms with Gasteiger partial charge in [-0.15, -0.1) is 0 Å². The van der Waals surface area contributed by atoms with Crippen molar-refractivity contribution in [1.82, 2.24) is 0 Å². The average Bonchev–Trinajstić information content (AvgIpc) is 2.71. The first-order valence-electron chi connectivity index (χ1n) is 9.40. The van der Waals surface area contributed by atoms with Crippen molar-refractivity contribution >= 4 is 33.1 Å². The molecule has 0 spiro atoms. The van der Waals surface area contributed by atoms with Gasteiger partial charge in [0, 0.05) is 22.2 Å². The van der Waals surface area contributed by atoms with Crippen molar-refractivity contribution in [2.75, 3.05) is 10.6 Å². The number of benzene rings is 2. The van der Waals surface area contributed by atoms with Gasteiger partial charge < -0.3 is 10.6 Å². The molecule has 0 bridgehead atoms. The molecule has 2 aromatic rings. The van der Waals surface area contributed by atoms with Crippen molar-refractivity contribution < 1.29 is 4.79 Å². The van der Waals surface area contributed by atoms with E-state index in [1.807, 2.05) is 12.1 Å². The van der Waals surface area contributed by atoms with Crippen LogP contribution in [0.4, 0.5) is 11.4 Å². The molecular weight excluding hydrogens is 400 g/mol. The Balaban J connectivity index is 1.90. The van der Waals surface area contributed by atoms with E-state index in [0.717, 1.165) is 39.1 Å². The van der Waals surface area contributed by atoms with Crippen LogP contribution in [0.3, 0.4) is 0 Å². The third-order valence-electron chi connectivity index (χ3n) is 5.63. The van der Waals surface area contributed by atoms with E-state index < -0.39 is 0 Å². The minimum atomic E-state index is -0.146. The molecule has 0 saturated heterocycles. The molecule has 2 N–H and O–H groups in total. The van der Waals surface area contributed by atoms with E-state index in [2.05, 4.69) is 78.5 Å². The Morgan fingerprint density at radius 3 is 2.30 bits per heavy atom. The van der Waals surface area contributed by atoms with Crippen LogP contribution >= 0.6 is 15.9 Å². The van der Waals surface area contributed by atoms with Crippen molar-refractivity contribution in [3.05, 3.63) is 68.8 Å². The zero-order chi connectivity index (χ0) is 19.3. The average molecular weight is 425 g/mol. The van der Waals surface area contributed by atoms with Gasteiger partial charge in [0.25, 0.3) is 0 Å². The minimum absolute atomic E-state index is 0.0303. The summed E-state index contributed by atoms with van der Waals surface area (Å²) in [6.07, 6.45) is 1.45. The zero-order valence-electron chi connectivity index (χ0n) is 16.2. The van der Waals surface area contributed by atoms with Crippen molar-refractivity contribution in [1.29, 1.82) is 0 Å². The molecule has 1 unspecified atom stereocenters. The highest BCUT2D eigenvalue weighted by atomic mass is 79.9. The fraction of sp³-hybridized carbons (Fsp3) is 0.348. The van der Waals surface area contributed by atoms with Gasteiger partial charge in [-0.1, -0.05) is 41.9 Å². The maximum Gasteiger partial charge on any atom is 0.163 e. The van der Waals surface area contributed by atoms with Crippen molar-refractivity contribution in [2.24, 2.45) is 5.41 Å². The summed E-state index contributed by atoms with van der Waals surface area (Å²) in [5.41, 5.74) is 7.59. The number of halogens is 1. The Kier molecular flexibility index (Phi) is 4.42. The second kappa shape index (κ2) is 6.52. The highest BCUT2D eigenvalue weighted by Gasteiger charge is 2.38. The van der Waals surface area contributed by atoms with Gasteiger partial charge in [-0.05, 0) is 66.6 Å². The van der Waals surface area contributed by atoms with Crippen LogP contribution in [0.5, 0.6) is 0 Å². The first-order valence-corrected chi connectivity index (χ1v) is 10.2. The Labute approximate surface area is 169 Å². The minimum Gasteiger partial charge on any atom is -0.372 e. The maximum absolute atomic E-state index is 13.2. The van der Waals surface area contributed by atoms with E-state index in [0.29, 0.717) is 6.42 Å². The van der Waals surface area contributed by atoms with E-state index >= 15 is 0 Å². The highest BCUT2D eigenvalue weighted by molar-refractivity contribution is 9.10. The lowest BCUT2D eigenvalue weighted by molar-refractivity contribution is -0.118. The van der Waals surface area contributed by atoms with Gasteiger partial charge in [-0.3, -0.25) is 4.79 Å². The van der Waals surface area contributed by atoms with Gasteiger partial charge in [-0.2, -0.15) is 0 Å². The number of aryl methyl sites for hydroxylation is 2. The van der Waals surface area contributed by atoms with E-state index in [4.69, 9.17) is 0 Å². The van der Waals surface area contributed by atoms with Gasteiger partial charge in [-0.25, -0.2) is 0 Å². The number of ketones is 1. The quantitative estimate of drug-likeness (QED) is 0.564. The number of fused-ring (bicyclic) bond motifs is 1. The molecular formula is C23H25BrN2O. The fourth-order valence-corrected chi connectivity index (χ4v) is 4.38. The summed E-state index contributed by atoms with van der Waals surface area (Å²) in [6, 6.07) is 12.5. The Morgan fingerprint density at radius 1 is 1.00 bits per heavy atom. The van der Waals surface area contributed by atoms with Gasteiger partial charge >= 0.3 is 0 Å². The van der Waals surface area contributed by atoms with Crippen molar-refractivity contribution in [3.63, 3.8) is 0 Å². The predicted molar refractivity (Wildman–Crippen MR) is 115 cm³/mol. The Bertz CT molecular complexity index is 957. The van der Waals surface area contributed by atoms with Crippen LogP contribution < -0.4 is 10.6 Å². The molecule has 0 saturated carbocycles. The summed E-state index contributed by atoms with van der Waals surface area (Å²) in [6.45, 7) is 8.59. The molecule has 0 aromatic heterocycles. The molecule has 0 radical (unpaired) electrons. The molecule has 1 atom stereocenters. The molecule has 140 valence electrons. The summed E-state index contributed by atoms with van der Waals surface area (Å²) >= 11 is 3.51. The monoisotopic (exact) mass is 424 g/mol. The summed E-state index contributed by atoms with van der Waals surface area (Å²) in [5.74, 6) is 0.232. The molecule has 1 heterocycles. The lowest BCUT2D eigenvalue weighted by Crippen LogP contribution is -2.31. The molecule has 4 rings (SSSR count). The third kappa shape index (κ3) is 3.43. The van der Waals surface area contributed by atoms with Crippen LogP contribution in [0.15, 0.2) is 52.1 Å².